The fraction of sp³-hybridized carbons (Fsp3) is 0.318. The van der Waals surface area contributed by atoms with Crippen LogP contribution in [0.5, 0.6) is 0 Å². The third-order valence-electron chi connectivity index (χ3n) is 4.91. The van der Waals surface area contributed by atoms with Gasteiger partial charge in [0.05, 0.1) is 5.56 Å². The zero-order valence-corrected chi connectivity index (χ0v) is 16.8. The summed E-state index contributed by atoms with van der Waals surface area (Å²) in [4.78, 5) is 39.7. The summed E-state index contributed by atoms with van der Waals surface area (Å²) in [6.45, 7) is 4.81. The van der Waals surface area contributed by atoms with Crippen molar-refractivity contribution >= 4 is 22.7 Å². The van der Waals surface area contributed by atoms with Crippen molar-refractivity contribution in [3.05, 3.63) is 69.3 Å². The Kier molecular flexibility index (Phi) is 6.29. The molecule has 2 aromatic heterocycles. The van der Waals surface area contributed by atoms with Crippen LogP contribution in [0.25, 0.3) is 10.9 Å². The highest BCUT2D eigenvalue weighted by Gasteiger charge is 2.19. The van der Waals surface area contributed by atoms with Crippen molar-refractivity contribution in [3.63, 3.8) is 0 Å². The number of aryl methyl sites for hydroxylation is 1. The lowest BCUT2D eigenvalue weighted by Crippen LogP contribution is -2.17. The quantitative estimate of drug-likeness (QED) is 0.359. The third-order valence-corrected chi connectivity index (χ3v) is 4.91. The van der Waals surface area contributed by atoms with Gasteiger partial charge in [0.25, 0.3) is 0 Å². The molecule has 7 heteroatoms. The van der Waals surface area contributed by atoms with Gasteiger partial charge in [-0.1, -0.05) is 18.2 Å². The fourth-order valence-electron chi connectivity index (χ4n) is 3.45. The van der Waals surface area contributed by atoms with Gasteiger partial charge in [0, 0.05) is 54.2 Å². The van der Waals surface area contributed by atoms with Gasteiger partial charge < -0.3 is 19.0 Å². The van der Waals surface area contributed by atoms with Gasteiger partial charge in [-0.3, -0.25) is 9.59 Å². The number of carbonyl (C=O) groups is 2. The minimum atomic E-state index is -0.699. The standard InChI is InChI=1S/C22H24N2O5/c1-14-11-17(15(2)24(14)9-6-10-28-3)20(25)13-29-22(27)18-12-21(26)23-19-8-5-4-7-16(18)19/h4-5,7-8,11-12H,6,9-10,13H2,1-3H3,(H,23,26). The van der Waals surface area contributed by atoms with E-state index in [-0.39, 0.29) is 18.0 Å². The summed E-state index contributed by atoms with van der Waals surface area (Å²) in [7, 11) is 1.66. The number of fused-ring (bicyclic) bond motifs is 1. The van der Waals surface area contributed by atoms with E-state index in [1.165, 1.54) is 6.07 Å². The maximum absolute atomic E-state index is 12.6. The molecule has 0 saturated heterocycles. The number of hydrogen-bond acceptors (Lipinski definition) is 5. The molecule has 29 heavy (non-hydrogen) atoms. The van der Waals surface area contributed by atoms with Crippen LogP contribution in [0.15, 0.2) is 41.2 Å². The lowest BCUT2D eigenvalue weighted by atomic mass is 10.1. The molecule has 0 aliphatic carbocycles. The van der Waals surface area contributed by atoms with E-state index in [9.17, 15) is 14.4 Å². The molecule has 1 N–H and O–H groups in total. The molecule has 0 saturated carbocycles. The number of nitrogens with zero attached hydrogens (tertiary/aromatic N) is 1. The summed E-state index contributed by atoms with van der Waals surface area (Å²) in [5.41, 5.74) is 2.61. The lowest BCUT2D eigenvalue weighted by molar-refractivity contribution is 0.0476. The van der Waals surface area contributed by atoms with Crippen LogP contribution in [0.3, 0.4) is 0 Å². The molecule has 0 aliphatic rings. The molecule has 2 heterocycles. The van der Waals surface area contributed by atoms with Crippen molar-refractivity contribution in [3.8, 4) is 0 Å². The summed E-state index contributed by atoms with van der Waals surface area (Å²) in [6.07, 6.45) is 0.838. The molecule has 3 aromatic rings. The molecular formula is C22H24N2O5. The Morgan fingerprint density at radius 2 is 1.86 bits per heavy atom. The average molecular weight is 396 g/mol. The number of esters is 1. The largest absolute Gasteiger partial charge is 0.454 e. The summed E-state index contributed by atoms with van der Waals surface area (Å²) < 4.78 is 12.4. The van der Waals surface area contributed by atoms with E-state index >= 15 is 0 Å². The smallest absolute Gasteiger partial charge is 0.339 e. The number of carbonyl (C=O) groups excluding carboxylic acids is 2. The minimum Gasteiger partial charge on any atom is -0.454 e. The third kappa shape index (κ3) is 4.46. The Morgan fingerprint density at radius 1 is 1.10 bits per heavy atom. The van der Waals surface area contributed by atoms with E-state index in [2.05, 4.69) is 9.55 Å². The Bertz CT molecular complexity index is 1110. The van der Waals surface area contributed by atoms with Crippen LogP contribution >= 0.6 is 0 Å². The number of hydrogen-bond donors (Lipinski definition) is 1. The molecule has 0 atom stereocenters. The van der Waals surface area contributed by atoms with Crippen molar-refractivity contribution in [1.29, 1.82) is 0 Å². The molecule has 0 aliphatic heterocycles. The second-order valence-electron chi connectivity index (χ2n) is 6.87. The fourth-order valence-corrected chi connectivity index (χ4v) is 3.45. The van der Waals surface area contributed by atoms with Crippen molar-refractivity contribution in [2.24, 2.45) is 0 Å². The van der Waals surface area contributed by atoms with Crippen LogP contribution < -0.4 is 5.56 Å². The summed E-state index contributed by atoms with van der Waals surface area (Å²) in [5.74, 6) is -0.979. The Labute approximate surface area is 168 Å². The number of ether oxygens (including phenoxy) is 2. The molecule has 0 fully saturated rings. The number of methoxy groups -OCH3 is 1. The molecule has 0 spiro atoms. The number of Topliss-reactive ketones (excluding diaryl/α,β-unsaturated/α-hetero) is 1. The zero-order valence-electron chi connectivity index (χ0n) is 16.8. The normalized spacial score (nSPS) is 11.0. The average Bonchev–Trinajstić information content (AvgIpc) is 2.99. The molecule has 0 radical (unpaired) electrons. The number of H-pyrrole nitrogens is 1. The molecule has 3 rings (SSSR count). The summed E-state index contributed by atoms with van der Waals surface area (Å²) in [6, 6.07) is 9.95. The van der Waals surface area contributed by atoms with Gasteiger partial charge in [-0.2, -0.15) is 0 Å². The first-order valence-corrected chi connectivity index (χ1v) is 9.40. The van der Waals surface area contributed by atoms with Crippen molar-refractivity contribution < 1.29 is 19.1 Å². The first-order chi connectivity index (χ1) is 13.9. The van der Waals surface area contributed by atoms with Crippen LogP contribution in [0.4, 0.5) is 0 Å². The number of nitrogens with one attached hydrogen (secondary N) is 1. The number of para-hydroxylation sites is 1. The second kappa shape index (κ2) is 8.87. The van der Waals surface area contributed by atoms with E-state index < -0.39 is 11.5 Å². The molecule has 152 valence electrons. The first kappa shape index (κ1) is 20.5. The van der Waals surface area contributed by atoms with Crippen LogP contribution in [0.1, 0.15) is 38.5 Å². The van der Waals surface area contributed by atoms with Crippen molar-refractivity contribution in [2.75, 3.05) is 20.3 Å². The van der Waals surface area contributed by atoms with Crippen LogP contribution in [0, 0.1) is 13.8 Å². The topological polar surface area (TPSA) is 90.4 Å². The van der Waals surface area contributed by atoms with E-state index in [0.29, 0.717) is 23.1 Å². The Hall–Kier alpha value is -3.19. The molecule has 0 bridgehead atoms. The molecule has 0 amide bonds. The van der Waals surface area contributed by atoms with Crippen molar-refractivity contribution in [1.82, 2.24) is 9.55 Å². The van der Waals surface area contributed by atoms with Gasteiger partial charge in [0.2, 0.25) is 11.3 Å². The summed E-state index contributed by atoms with van der Waals surface area (Å²) in [5, 5.41) is 0.570. The van der Waals surface area contributed by atoms with E-state index in [4.69, 9.17) is 9.47 Å². The first-order valence-electron chi connectivity index (χ1n) is 9.40. The number of ketones is 1. The highest BCUT2D eigenvalue weighted by Crippen LogP contribution is 2.18. The SMILES string of the molecule is COCCCn1c(C)cc(C(=O)COC(=O)c2cc(=O)[nH]c3ccccc23)c1C. The second-order valence-corrected chi connectivity index (χ2v) is 6.87. The van der Waals surface area contributed by atoms with Gasteiger partial charge in [0.1, 0.15) is 0 Å². The number of pyridine rings is 1. The van der Waals surface area contributed by atoms with Gasteiger partial charge in [-0.05, 0) is 32.4 Å². The molecule has 7 nitrogen and oxygen atoms in total. The van der Waals surface area contributed by atoms with Gasteiger partial charge in [-0.25, -0.2) is 4.79 Å². The maximum atomic E-state index is 12.6. The lowest BCUT2D eigenvalue weighted by Gasteiger charge is -2.10. The Balaban J connectivity index is 1.74. The highest BCUT2D eigenvalue weighted by molar-refractivity contribution is 6.05. The van der Waals surface area contributed by atoms with E-state index in [1.807, 2.05) is 13.8 Å². The van der Waals surface area contributed by atoms with Gasteiger partial charge >= 0.3 is 5.97 Å². The maximum Gasteiger partial charge on any atom is 0.339 e. The predicted molar refractivity (Wildman–Crippen MR) is 110 cm³/mol. The minimum absolute atomic E-state index is 0.141. The van der Waals surface area contributed by atoms with Gasteiger partial charge in [0.15, 0.2) is 6.61 Å². The monoisotopic (exact) mass is 396 g/mol. The van der Waals surface area contributed by atoms with Crippen LogP contribution in [-0.2, 0) is 16.0 Å². The molecule has 0 unspecified atom stereocenters. The zero-order chi connectivity index (χ0) is 21.0. The van der Waals surface area contributed by atoms with E-state index in [1.54, 1.807) is 37.4 Å². The number of rotatable bonds is 8. The van der Waals surface area contributed by atoms with Crippen LogP contribution in [0.2, 0.25) is 0 Å². The van der Waals surface area contributed by atoms with Gasteiger partial charge in [-0.15, -0.1) is 0 Å². The molecule has 1 aromatic carbocycles. The van der Waals surface area contributed by atoms with E-state index in [0.717, 1.165) is 24.4 Å². The molecular weight excluding hydrogens is 372 g/mol. The van der Waals surface area contributed by atoms with Crippen molar-refractivity contribution in [2.45, 2.75) is 26.8 Å². The number of benzene rings is 1. The number of aromatic amines is 1. The highest BCUT2D eigenvalue weighted by atomic mass is 16.5. The van der Waals surface area contributed by atoms with Crippen LogP contribution in [-0.4, -0.2) is 41.6 Å². The number of aromatic nitrogens is 2. The predicted octanol–water partition coefficient (Wildman–Crippen LogP) is 3.02. The summed E-state index contributed by atoms with van der Waals surface area (Å²) >= 11 is 0. The Morgan fingerprint density at radius 3 is 2.62 bits per heavy atom.